The minimum atomic E-state index is -1.42. The van der Waals surface area contributed by atoms with E-state index in [0.717, 1.165) is 0 Å². The van der Waals surface area contributed by atoms with Crippen LogP contribution in [0, 0.1) is 0 Å². The Kier molecular flexibility index (Phi) is 3.09. The lowest BCUT2D eigenvalue weighted by atomic mass is 9.84. The zero-order valence-electron chi connectivity index (χ0n) is 11.4. The van der Waals surface area contributed by atoms with Gasteiger partial charge in [0.2, 0.25) is 5.91 Å². The first-order valence-electron chi connectivity index (χ1n) is 6.69. The van der Waals surface area contributed by atoms with Gasteiger partial charge in [0.25, 0.3) is 5.91 Å². The van der Waals surface area contributed by atoms with Gasteiger partial charge in [0.05, 0.1) is 6.42 Å². The number of imide groups is 1. The van der Waals surface area contributed by atoms with Crippen LogP contribution in [-0.2, 0) is 26.3 Å². The van der Waals surface area contributed by atoms with Crippen LogP contribution in [-0.4, -0.2) is 28.9 Å². The van der Waals surface area contributed by atoms with E-state index in [9.17, 15) is 19.2 Å². The lowest BCUT2D eigenvalue weighted by Gasteiger charge is -2.26. The molecule has 8 heteroatoms. The normalized spacial score (nSPS) is 22.8. The number of carbonyl (C=O) groups is 4. The molecule has 0 bridgehead atoms. The Morgan fingerprint density at radius 2 is 2.00 bits per heavy atom. The molecule has 1 saturated heterocycles. The lowest BCUT2D eigenvalue weighted by molar-refractivity contribution is -0.137. The number of aliphatic carboxylic acids is 1. The fourth-order valence-corrected chi connectivity index (χ4v) is 2.80. The molecule has 4 amide bonds. The average Bonchev–Trinajstić information content (AvgIpc) is 2.94. The topological polar surface area (TPSA) is 125 Å². The maximum atomic E-state index is 12.2. The predicted octanol–water partition coefficient (Wildman–Crippen LogP) is 0.0807. The van der Waals surface area contributed by atoms with Gasteiger partial charge in [-0.15, -0.1) is 0 Å². The Morgan fingerprint density at radius 1 is 1.23 bits per heavy atom. The molecule has 0 spiro atoms. The van der Waals surface area contributed by atoms with E-state index in [1.165, 1.54) is 0 Å². The van der Waals surface area contributed by atoms with E-state index in [2.05, 4.69) is 16.0 Å². The van der Waals surface area contributed by atoms with Crippen LogP contribution in [0.2, 0.25) is 0 Å². The molecular weight excluding hydrogens is 290 g/mol. The van der Waals surface area contributed by atoms with E-state index in [1.807, 2.05) is 0 Å². The van der Waals surface area contributed by atoms with Gasteiger partial charge in [-0.05, 0) is 23.6 Å². The van der Waals surface area contributed by atoms with Gasteiger partial charge in [0, 0.05) is 12.1 Å². The Labute approximate surface area is 124 Å². The predicted molar refractivity (Wildman–Crippen MR) is 74.0 cm³/mol. The molecule has 0 unspecified atom stereocenters. The summed E-state index contributed by atoms with van der Waals surface area (Å²) in [5, 5.41) is 16.2. The summed E-state index contributed by atoms with van der Waals surface area (Å²) in [6.45, 7) is 0. The van der Waals surface area contributed by atoms with Crippen LogP contribution in [0.25, 0.3) is 0 Å². The standard InChI is InChI=1S/C14H13N3O5/c18-10-6-7-5-8(1-2-9(7)15-10)14(4-3-11(19)20)12(21)16-13(22)17-14/h1-2,5H,3-4,6H2,(H,15,18)(H,19,20)(H2,16,17,21,22)/t14-/m0/s1. The van der Waals surface area contributed by atoms with Gasteiger partial charge >= 0.3 is 12.0 Å². The van der Waals surface area contributed by atoms with Crippen molar-refractivity contribution in [3.05, 3.63) is 29.3 Å². The number of urea groups is 1. The molecule has 1 aromatic rings. The fourth-order valence-electron chi connectivity index (χ4n) is 2.80. The molecular formula is C14H13N3O5. The third kappa shape index (κ3) is 2.18. The zero-order chi connectivity index (χ0) is 15.9. The van der Waals surface area contributed by atoms with Gasteiger partial charge in [-0.1, -0.05) is 12.1 Å². The first-order chi connectivity index (χ1) is 10.4. The van der Waals surface area contributed by atoms with Crippen molar-refractivity contribution in [2.75, 3.05) is 5.32 Å². The Morgan fingerprint density at radius 3 is 2.64 bits per heavy atom. The largest absolute Gasteiger partial charge is 0.481 e. The molecule has 0 aromatic heterocycles. The second-order valence-corrected chi connectivity index (χ2v) is 5.30. The van der Waals surface area contributed by atoms with Gasteiger partial charge in [-0.3, -0.25) is 19.7 Å². The first-order valence-corrected chi connectivity index (χ1v) is 6.69. The molecule has 0 aliphatic carbocycles. The molecule has 1 fully saturated rings. The molecule has 4 N–H and O–H groups in total. The number of amides is 4. The number of anilines is 1. The second-order valence-electron chi connectivity index (χ2n) is 5.30. The minimum Gasteiger partial charge on any atom is -0.481 e. The highest BCUT2D eigenvalue weighted by Gasteiger charge is 2.48. The van der Waals surface area contributed by atoms with Crippen LogP contribution >= 0.6 is 0 Å². The number of fused-ring (bicyclic) bond motifs is 1. The van der Waals surface area contributed by atoms with Crippen LogP contribution in [0.1, 0.15) is 24.0 Å². The number of carboxylic acid groups (broad SMARTS) is 1. The Bertz CT molecular complexity index is 714. The molecule has 0 radical (unpaired) electrons. The zero-order valence-corrected chi connectivity index (χ0v) is 11.4. The Hall–Kier alpha value is -2.90. The summed E-state index contributed by atoms with van der Waals surface area (Å²) in [6, 6.07) is 4.25. The average molecular weight is 303 g/mol. The van der Waals surface area contributed by atoms with Crippen molar-refractivity contribution in [1.82, 2.24) is 10.6 Å². The van der Waals surface area contributed by atoms with Gasteiger partial charge in [-0.25, -0.2) is 4.79 Å². The summed E-state index contributed by atoms with van der Waals surface area (Å²) in [4.78, 5) is 46.0. The maximum Gasteiger partial charge on any atom is 0.322 e. The highest BCUT2D eigenvalue weighted by molar-refractivity contribution is 6.08. The van der Waals surface area contributed by atoms with Gasteiger partial charge in [0.1, 0.15) is 5.54 Å². The van der Waals surface area contributed by atoms with E-state index < -0.39 is 23.4 Å². The van der Waals surface area contributed by atoms with Crippen molar-refractivity contribution < 1.29 is 24.3 Å². The van der Waals surface area contributed by atoms with Gasteiger partial charge < -0.3 is 15.7 Å². The van der Waals surface area contributed by atoms with Crippen molar-refractivity contribution in [2.45, 2.75) is 24.8 Å². The van der Waals surface area contributed by atoms with Crippen molar-refractivity contribution in [3.63, 3.8) is 0 Å². The number of rotatable bonds is 4. The van der Waals surface area contributed by atoms with E-state index in [1.54, 1.807) is 18.2 Å². The number of hydrogen-bond acceptors (Lipinski definition) is 4. The van der Waals surface area contributed by atoms with Crippen LogP contribution < -0.4 is 16.0 Å². The number of carbonyl (C=O) groups excluding carboxylic acids is 3. The SMILES string of the molecule is O=C(O)CC[C@@]1(c2ccc3c(c2)CC(=O)N3)NC(=O)NC1=O. The van der Waals surface area contributed by atoms with Gasteiger partial charge in [0.15, 0.2) is 0 Å². The molecule has 0 saturated carbocycles. The van der Waals surface area contributed by atoms with Crippen molar-refractivity contribution in [1.29, 1.82) is 0 Å². The molecule has 8 nitrogen and oxygen atoms in total. The summed E-state index contributed by atoms with van der Waals surface area (Å²) in [6.07, 6.45) is -0.157. The molecule has 2 aliphatic rings. The number of hydrogen-bond donors (Lipinski definition) is 4. The molecule has 3 rings (SSSR count). The monoisotopic (exact) mass is 303 g/mol. The van der Waals surface area contributed by atoms with Crippen LogP contribution in [0.15, 0.2) is 18.2 Å². The summed E-state index contributed by atoms with van der Waals surface area (Å²) in [7, 11) is 0. The molecule has 22 heavy (non-hydrogen) atoms. The molecule has 2 aliphatic heterocycles. The second kappa shape index (κ2) is 4.83. The minimum absolute atomic E-state index is 0.0694. The Balaban J connectivity index is 2.01. The molecule has 1 atom stereocenters. The molecule has 2 heterocycles. The van der Waals surface area contributed by atoms with Crippen molar-refractivity contribution in [3.8, 4) is 0 Å². The van der Waals surface area contributed by atoms with Crippen molar-refractivity contribution in [2.24, 2.45) is 0 Å². The number of carboxylic acids is 1. The lowest BCUT2D eigenvalue weighted by Crippen LogP contribution is -2.44. The van der Waals surface area contributed by atoms with Crippen LogP contribution in [0.3, 0.4) is 0 Å². The summed E-state index contributed by atoms with van der Waals surface area (Å²) < 4.78 is 0. The number of benzene rings is 1. The first kappa shape index (κ1) is 14.1. The van der Waals surface area contributed by atoms with E-state index in [-0.39, 0.29) is 25.2 Å². The summed E-state index contributed by atoms with van der Waals surface area (Å²) in [5.74, 6) is -1.80. The molecule has 1 aromatic carbocycles. The summed E-state index contributed by atoms with van der Waals surface area (Å²) in [5.41, 5.74) is 0.418. The van der Waals surface area contributed by atoms with Crippen LogP contribution in [0.4, 0.5) is 10.5 Å². The third-order valence-electron chi connectivity index (χ3n) is 3.88. The van der Waals surface area contributed by atoms with E-state index >= 15 is 0 Å². The number of nitrogens with one attached hydrogen (secondary N) is 3. The van der Waals surface area contributed by atoms with E-state index in [0.29, 0.717) is 16.8 Å². The maximum absolute atomic E-state index is 12.2. The van der Waals surface area contributed by atoms with Crippen molar-refractivity contribution >= 4 is 29.5 Å². The highest BCUT2D eigenvalue weighted by Crippen LogP contribution is 2.34. The van der Waals surface area contributed by atoms with E-state index in [4.69, 9.17) is 5.11 Å². The third-order valence-corrected chi connectivity index (χ3v) is 3.88. The molecule has 114 valence electrons. The fraction of sp³-hybridized carbons (Fsp3) is 0.286. The smallest absolute Gasteiger partial charge is 0.322 e. The summed E-state index contributed by atoms with van der Waals surface area (Å²) >= 11 is 0. The van der Waals surface area contributed by atoms with Gasteiger partial charge in [-0.2, -0.15) is 0 Å². The highest BCUT2D eigenvalue weighted by atomic mass is 16.4. The van der Waals surface area contributed by atoms with Crippen LogP contribution in [0.5, 0.6) is 0 Å². The quantitative estimate of drug-likeness (QED) is 0.586.